The first-order valence-corrected chi connectivity index (χ1v) is 2.80. The molecule has 0 saturated carbocycles. The van der Waals surface area contributed by atoms with Crippen molar-refractivity contribution in [1.82, 2.24) is 9.97 Å². The standard InChI is InChI=1S/C5H3ClN4/c6-5-3(1-7)9-2-4(8)10-5/h2H,(H2,8,10). The normalized spacial score (nSPS) is 8.80. The second-order valence-electron chi connectivity index (χ2n) is 1.55. The maximum Gasteiger partial charge on any atom is 0.178 e. The van der Waals surface area contributed by atoms with Crippen molar-refractivity contribution in [3.63, 3.8) is 0 Å². The van der Waals surface area contributed by atoms with Crippen LogP contribution in [0.15, 0.2) is 6.20 Å². The molecule has 0 spiro atoms. The van der Waals surface area contributed by atoms with Gasteiger partial charge in [0.15, 0.2) is 10.8 Å². The fraction of sp³-hybridized carbons (Fsp3) is 0. The van der Waals surface area contributed by atoms with E-state index in [1.165, 1.54) is 6.20 Å². The van der Waals surface area contributed by atoms with Crippen LogP contribution in [0, 0.1) is 11.3 Å². The molecule has 0 bridgehead atoms. The molecule has 5 heteroatoms. The van der Waals surface area contributed by atoms with Crippen molar-refractivity contribution in [2.45, 2.75) is 0 Å². The van der Waals surface area contributed by atoms with Crippen LogP contribution in [-0.4, -0.2) is 9.97 Å². The van der Waals surface area contributed by atoms with Gasteiger partial charge in [0.05, 0.1) is 6.20 Å². The smallest absolute Gasteiger partial charge is 0.178 e. The first-order valence-electron chi connectivity index (χ1n) is 2.42. The van der Waals surface area contributed by atoms with Crippen molar-refractivity contribution >= 4 is 17.4 Å². The number of rotatable bonds is 0. The van der Waals surface area contributed by atoms with Crippen LogP contribution in [-0.2, 0) is 0 Å². The first kappa shape index (κ1) is 6.78. The average Bonchev–Trinajstić information content (AvgIpc) is 1.88. The number of hydrogen-bond acceptors (Lipinski definition) is 4. The minimum Gasteiger partial charge on any atom is -0.382 e. The topological polar surface area (TPSA) is 75.6 Å². The molecule has 0 aliphatic heterocycles. The molecule has 0 aliphatic carbocycles. The van der Waals surface area contributed by atoms with Crippen LogP contribution < -0.4 is 5.73 Å². The van der Waals surface area contributed by atoms with Crippen LogP contribution >= 0.6 is 11.6 Å². The van der Waals surface area contributed by atoms with Gasteiger partial charge in [-0.1, -0.05) is 11.6 Å². The number of nitriles is 1. The maximum atomic E-state index is 8.33. The third-order valence-electron chi connectivity index (χ3n) is 0.854. The van der Waals surface area contributed by atoms with E-state index in [1.54, 1.807) is 6.07 Å². The Morgan fingerprint density at radius 2 is 2.40 bits per heavy atom. The van der Waals surface area contributed by atoms with E-state index in [2.05, 4.69) is 9.97 Å². The molecular weight excluding hydrogens is 152 g/mol. The fourth-order valence-electron chi connectivity index (χ4n) is 0.454. The van der Waals surface area contributed by atoms with Crippen LogP contribution in [0.3, 0.4) is 0 Å². The number of anilines is 1. The molecule has 0 fully saturated rings. The van der Waals surface area contributed by atoms with E-state index in [0.29, 0.717) is 0 Å². The minimum absolute atomic E-state index is 0.0440. The molecule has 0 aliphatic rings. The summed E-state index contributed by atoms with van der Waals surface area (Å²) in [6.45, 7) is 0. The van der Waals surface area contributed by atoms with Crippen molar-refractivity contribution in [2.24, 2.45) is 0 Å². The van der Waals surface area contributed by atoms with Gasteiger partial charge in [-0.05, 0) is 0 Å². The lowest BCUT2D eigenvalue weighted by molar-refractivity contribution is 1.17. The molecule has 1 aromatic rings. The summed E-state index contributed by atoms with van der Waals surface area (Å²) >= 11 is 5.45. The van der Waals surface area contributed by atoms with Gasteiger partial charge in [0, 0.05) is 0 Å². The van der Waals surface area contributed by atoms with E-state index in [4.69, 9.17) is 22.6 Å². The number of hydrogen-bond donors (Lipinski definition) is 1. The summed E-state index contributed by atoms with van der Waals surface area (Å²) in [7, 11) is 0. The first-order chi connectivity index (χ1) is 4.74. The SMILES string of the molecule is N#Cc1ncc(N)nc1Cl. The summed E-state index contributed by atoms with van der Waals surface area (Å²) in [6.07, 6.45) is 1.28. The number of halogens is 1. The highest BCUT2D eigenvalue weighted by molar-refractivity contribution is 6.30. The Bertz CT molecular complexity index is 290. The van der Waals surface area contributed by atoms with Crippen LogP contribution in [0.2, 0.25) is 5.15 Å². The van der Waals surface area contributed by atoms with Crippen LogP contribution in [0.5, 0.6) is 0 Å². The zero-order chi connectivity index (χ0) is 7.56. The van der Waals surface area contributed by atoms with E-state index >= 15 is 0 Å². The molecule has 0 amide bonds. The van der Waals surface area contributed by atoms with Gasteiger partial charge in [-0.25, -0.2) is 9.97 Å². The molecule has 1 rings (SSSR count). The van der Waals surface area contributed by atoms with Gasteiger partial charge in [-0.15, -0.1) is 0 Å². The van der Waals surface area contributed by atoms with Crippen molar-refractivity contribution in [2.75, 3.05) is 5.73 Å². The van der Waals surface area contributed by atoms with Crippen molar-refractivity contribution in [3.05, 3.63) is 17.0 Å². The number of nitrogens with two attached hydrogens (primary N) is 1. The van der Waals surface area contributed by atoms with Crippen molar-refractivity contribution < 1.29 is 0 Å². The second-order valence-corrected chi connectivity index (χ2v) is 1.90. The van der Waals surface area contributed by atoms with Crippen LogP contribution in [0.1, 0.15) is 5.69 Å². The van der Waals surface area contributed by atoms with Crippen molar-refractivity contribution in [3.8, 4) is 6.07 Å². The lowest BCUT2D eigenvalue weighted by Crippen LogP contribution is -1.94. The fourth-order valence-corrected chi connectivity index (χ4v) is 0.643. The third kappa shape index (κ3) is 1.14. The van der Waals surface area contributed by atoms with E-state index in [0.717, 1.165) is 0 Å². The molecule has 50 valence electrons. The Labute approximate surface area is 62.3 Å². The van der Waals surface area contributed by atoms with Gasteiger partial charge in [0.2, 0.25) is 0 Å². The minimum atomic E-state index is 0.0440. The van der Waals surface area contributed by atoms with Crippen LogP contribution in [0.25, 0.3) is 0 Å². The largest absolute Gasteiger partial charge is 0.382 e. The van der Waals surface area contributed by atoms with Crippen LogP contribution in [0.4, 0.5) is 5.82 Å². The highest BCUT2D eigenvalue weighted by Crippen LogP contribution is 2.09. The highest BCUT2D eigenvalue weighted by Gasteiger charge is 2.00. The van der Waals surface area contributed by atoms with E-state index in [-0.39, 0.29) is 16.7 Å². The maximum absolute atomic E-state index is 8.33. The Morgan fingerprint density at radius 1 is 1.70 bits per heavy atom. The highest BCUT2D eigenvalue weighted by atomic mass is 35.5. The molecule has 4 nitrogen and oxygen atoms in total. The Morgan fingerprint density at radius 3 is 2.90 bits per heavy atom. The van der Waals surface area contributed by atoms with Gasteiger partial charge in [-0.2, -0.15) is 5.26 Å². The molecule has 0 saturated heterocycles. The molecular formula is C5H3ClN4. The average molecular weight is 155 g/mol. The van der Waals surface area contributed by atoms with Gasteiger partial charge >= 0.3 is 0 Å². The van der Waals surface area contributed by atoms with E-state index in [9.17, 15) is 0 Å². The number of nitrogen functional groups attached to an aromatic ring is 1. The molecule has 0 aromatic carbocycles. The van der Waals surface area contributed by atoms with E-state index < -0.39 is 0 Å². The summed E-state index contributed by atoms with van der Waals surface area (Å²) in [6, 6.07) is 1.76. The predicted molar refractivity (Wildman–Crippen MR) is 36.2 cm³/mol. The Balaban J connectivity index is 3.23. The number of nitrogens with zero attached hydrogens (tertiary/aromatic N) is 3. The molecule has 1 heterocycles. The summed E-state index contributed by atoms with van der Waals surface area (Å²) in [4.78, 5) is 7.22. The zero-order valence-corrected chi connectivity index (χ0v) is 5.63. The summed E-state index contributed by atoms with van der Waals surface area (Å²) in [5, 5.41) is 8.38. The van der Waals surface area contributed by atoms with Gasteiger partial charge in [0.25, 0.3) is 0 Å². The van der Waals surface area contributed by atoms with Gasteiger partial charge in [0.1, 0.15) is 11.9 Å². The second kappa shape index (κ2) is 2.50. The summed E-state index contributed by atoms with van der Waals surface area (Å²) in [5.41, 5.74) is 5.31. The molecule has 2 N–H and O–H groups in total. The Kier molecular flexibility index (Phi) is 1.69. The molecule has 10 heavy (non-hydrogen) atoms. The monoisotopic (exact) mass is 154 g/mol. The summed E-state index contributed by atoms with van der Waals surface area (Å²) < 4.78 is 0. The van der Waals surface area contributed by atoms with Gasteiger partial charge in [-0.3, -0.25) is 0 Å². The summed E-state index contributed by atoms with van der Waals surface area (Å²) in [5.74, 6) is 0.212. The quantitative estimate of drug-likeness (QED) is 0.593. The molecule has 0 unspecified atom stereocenters. The predicted octanol–water partition coefficient (Wildman–Crippen LogP) is 0.584. The lowest BCUT2D eigenvalue weighted by atomic mass is 10.5. The third-order valence-corrected chi connectivity index (χ3v) is 1.12. The zero-order valence-electron chi connectivity index (χ0n) is 4.87. The Hall–Kier alpha value is -1.34. The molecule has 0 radical (unpaired) electrons. The van der Waals surface area contributed by atoms with Crippen molar-refractivity contribution in [1.29, 1.82) is 5.26 Å². The molecule has 0 atom stereocenters. The molecule has 1 aromatic heterocycles. The number of aromatic nitrogens is 2. The van der Waals surface area contributed by atoms with E-state index in [1.807, 2.05) is 0 Å². The lowest BCUT2D eigenvalue weighted by Gasteiger charge is -1.92. The van der Waals surface area contributed by atoms with Gasteiger partial charge < -0.3 is 5.73 Å².